The van der Waals surface area contributed by atoms with Crippen molar-refractivity contribution in [1.82, 2.24) is 25.2 Å². The Kier molecular flexibility index (Phi) is 7.25. The Morgan fingerprint density at radius 1 is 1.36 bits per heavy atom. The van der Waals surface area contributed by atoms with E-state index in [1.807, 2.05) is 0 Å². The summed E-state index contributed by atoms with van der Waals surface area (Å²) in [5.74, 6) is -1.50. The third kappa shape index (κ3) is 5.62. The van der Waals surface area contributed by atoms with Gasteiger partial charge < -0.3 is 25.0 Å². The van der Waals surface area contributed by atoms with Crippen LogP contribution in [0.15, 0.2) is 25.0 Å². The molecule has 2 aromatic heterocycles. The molecule has 2 atom stereocenters. The van der Waals surface area contributed by atoms with Crippen LogP contribution in [0, 0.1) is 5.92 Å². The standard InChI is InChI=1S/C21H26F3N5O4/c1-4-15(30)29-7-5-12(6-8-29)33-14-10-26-19-17(27-14)13(9-25-19)20(32)28-16(11(2)3)18(31)21(22,23)24/h4,9-12,16,18,31H,1,5-8H2,2-3H3,(H,25,26)(H,28,32)/t16?,18-/m0/s1. The van der Waals surface area contributed by atoms with E-state index in [4.69, 9.17) is 4.74 Å². The predicted octanol–water partition coefficient (Wildman–Crippen LogP) is 2.19. The van der Waals surface area contributed by atoms with Crippen molar-refractivity contribution < 1.29 is 32.6 Å². The quantitative estimate of drug-likeness (QED) is 0.535. The van der Waals surface area contributed by atoms with Crippen LogP contribution in [-0.2, 0) is 4.79 Å². The van der Waals surface area contributed by atoms with Crippen LogP contribution in [0.4, 0.5) is 13.2 Å². The van der Waals surface area contributed by atoms with Gasteiger partial charge in [0.2, 0.25) is 11.8 Å². The highest BCUT2D eigenvalue weighted by Crippen LogP contribution is 2.26. The molecule has 12 heteroatoms. The third-order valence-electron chi connectivity index (χ3n) is 5.51. The molecular formula is C21H26F3N5O4. The summed E-state index contributed by atoms with van der Waals surface area (Å²) in [7, 11) is 0. The fourth-order valence-electron chi connectivity index (χ4n) is 3.64. The molecule has 180 valence electrons. The first-order chi connectivity index (χ1) is 15.5. The Morgan fingerprint density at radius 3 is 2.61 bits per heavy atom. The normalized spacial score (nSPS) is 17.1. The molecule has 0 radical (unpaired) electrons. The molecule has 3 heterocycles. The van der Waals surface area contributed by atoms with E-state index in [0.29, 0.717) is 25.9 Å². The summed E-state index contributed by atoms with van der Waals surface area (Å²) in [6.45, 7) is 7.41. The number of carbonyl (C=O) groups excluding carboxylic acids is 2. The number of alkyl halides is 3. The number of hydrogen-bond donors (Lipinski definition) is 3. The van der Waals surface area contributed by atoms with Crippen LogP contribution in [0.2, 0.25) is 0 Å². The number of H-pyrrole nitrogens is 1. The Labute approximate surface area is 188 Å². The van der Waals surface area contributed by atoms with Gasteiger partial charge in [-0.1, -0.05) is 20.4 Å². The summed E-state index contributed by atoms with van der Waals surface area (Å²) in [6.07, 6.45) is -2.72. The first-order valence-electron chi connectivity index (χ1n) is 10.5. The zero-order valence-corrected chi connectivity index (χ0v) is 18.2. The van der Waals surface area contributed by atoms with Gasteiger partial charge in [-0.15, -0.1) is 0 Å². The van der Waals surface area contributed by atoms with E-state index in [0.717, 1.165) is 0 Å². The highest BCUT2D eigenvalue weighted by atomic mass is 19.4. The SMILES string of the molecule is C=CC(=O)N1CCC(Oc2cnc3[nH]cc(C(=O)NC(C(C)C)[C@H](O)C(F)(F)F)c3n2)CC1. The Hall–Kier alpha value is -3.15. The molecule has 2 amide bonds. The molecule has 0 saturated carbocycles. The van der Waals surface area contributed by atoms with E-state index in [2.05, 4.69) is 26.8 Å². The van der Waals surface area contributed by atoms with Crippen LogP contribution in [0.1, 0.15) is 37.0 Å². The monoisotopic (exact) mass is 469 g/mol. The summed E-state index contributed by atoms with van der Waals surface area (Å²) in [5, 5.41) is 11.9. The van der Waals surface area contributed by atoms with Crippen molar-refractivity contribution in [2.24, 2.45) is 5.92 Å². The van der Waals surface area contributed by atoms with Crippen molar-refractivity contribution in [1.29, 1.82) is 0 Å². The van der Waals surface area contributed by atoms with Gasteiger partial charge >= 0.3 is 6.18 Å². The van der Waals surface area contributed by atoms with E-state index in [1.165, 1.54) is 32.3 Å². The number of rotatable bonds is 7. The first kappa shape index (κ1) is 24.5. The van der Waals surface area contributed by atoms with E-state index in [-0.39, 0.29) is 34.6 Å². The second kappa shape index (κ2) is 9.77. The topological polar surface area (TPSA) is 120 Å². The predicted molar refractivity (Wildman–Crippen MR) is 112 cm³/mol. The number of aromatic nitrogens is 3. The van der Waals surface area contributed by atoms with E-state index in [9.17, 15) is 27.9 Å². The van der Waals surface area contributed by atoms with E-state index >= 15 is 0 Å². The fourth-order valence-corrected chi connectivity index (χ4v) is 3.64. The molecule has 1 aliphatic heterocycles. The van der Waals surface area contributed by atoms with Crippen molar-refractivity contribution in [3.05, 3.63) is 30.6 Å². The molecule has 9 nitrogen and oxygen atoms in total. The molecule has 2 aromatic rings. The minimum absolute atomic E-state index is 0.0191. The van der Waals surface area contributed by atoms with E-state index in [1.54, 1.807) is 4.90 Å². The van der Waals surface area contributed by atoms with Crippen LogP contribution in [0.5, 0.6) is 5.88 Å². The Balaban J connectivity index is 1.73. The van der Waals surface area contributed by atoms with Crippen LogP contribution in [-0.4, -0.2) is 74.3 Å². The number of aliphatic hydroxyl groups excluding tert-OH is 1. The number of hydrogen-bond acceptors (Lipinski definition) is 6. The minimum atomic E-state index is -4.88. The molecule has 1 fully saturated rings. The number of carbonyl (C=O) groups is 2. The Bertz CT molecular complexity index is 1010. The molecule has 1 aliphatic rings. The molecule has 3 N–H and O–H groups in total. The molecule has 0 spiro atoms. The second-order valence-corrected chi connectivity index (χ2v) is 8.18. The molecule has 0 bridgehead atoms. The van der Waals surface area contributed by atoms with Crippen molar-refractivity contribution in [3.8, 4) is 5.88 Å². The number of ether oxygens (including phenoxy) is 1. The van der Waals surface area contributed by atoms with Gasteiger partial charge in [0, 0.05) is 32.1 Å². The van der Waals surface area contributed by atoms with Crippen molar-refractivity contribution in [3.63, 3.8) is 0 Å². The lowest BCUT2D eigenvalue weighted by Crippen LogP contribution is -2.52. The van der Waals surface area contributed by atoms with Gasteiger partial charge in [-0.3, -0.25) is 9.59 Å². The zero-order chi connectivity index (χ0) is 24.3. The summed E-state index contributed by atoms with van der Waals surface area (Å²) in [4.78, 5) is 37.3. The highest BCUT2D eigenvalue weighted by Gasteiger charge is 2.45. The van der Waals surface area contributed by atoms with Gasteiger partial charge in [-0.2, -0.15) is 13.2 Å². The smallest absolute Gasteiger partial charge is 0.416 e. The summed E-state index contributed by atoms with van der Waals surface area (Å²) in [6, 6.07) is -1.54. The van der Waals surface area contributed by atoms with Crippen LogP contribution in [0.3, 0.4) is 0 Å². The van der Waals surface area contributed by atoms with Gasteiger partial charge in [-0.25, -0.2) is 9.97 Å². The number of aliphatic hydroxyl groups is 1. The molecule has 33 heavy (non-hydrogen) atoms. The number of amides is 2. The third-order valence-corrected chi connectivity index (χ3v) is 5.51. The lowest BCUT2D eigenvalue weighted by molar-refractivity contribution is -0.214. The van der Waals surface area contributed by atoms with Gasteiger partial charge in [-0.05, 0) is 12.0 Å². The minimum Gasteiger partial charge on any atom is -0.473 e. The van der Waals surface area contributed by atoms with Gasteiger partial charge in [0.15, 0.2) is 11.8 Å². The number of halogens is 3. The molecule has 0 aromatic carbocycles. The van der Waals surface area contributed by atoms with Crippen molar-refractivity contribution in [2.45, 2.75) is 51.1 Å². The molecule has 1 saturated heterocycles. The lowest BCUT2D eigenvalue weighted by atomic mass is 9.97. The van der Waals surface area contributed by atoms with Crippen LogP contribution in [0.25, 0.3) is 11.2 Å². The fraction of sp³-hybridized carbons (Fsp3) is 0.524. The molecule has 3 rings (SSSR count). The Morgan fingerprint density at radius 2 is 2.03 bits per heavy atom. The number of nitrogens with one attached hydrogen (secondary N) is 2. The number of aromatic amines is 1. The number of likely N-dealkylation sites (tertiary alicyclic amines) is 1. The van der Waals surface area contributed by atoms with Gasteiger partial charge in [0.1, 0.15) is 11.6 Å². The maximum absolute atomic E-state index is 13.0. The van der Waals surface area contributed by atoms with Gasteiger partial charge in [0.05, 0.1) is 17.8 Å². The number of fused-ring (bicyclic) bond motifs is 1. The van der Waals surface area contributed by atoms with Crippen LogP contribution >= 0.6 is 0 Å². The maximum atomic E-state index is 13.0. The average Bonchev–Trinajstić information content (AvgIpc) is 3.19. The molecule has 0 aliphatic carbocycles. The second-order valence-electron chi connectivity index (χ2n) is 8.18. The van der Waals surface area contributed by atoms with Crippen molar-refractivity contribution >= 4 is 23.0 Å². The van der Waals surface area contributed by atoms with Gasteiger partial charge in [0.25, 0.3) is 5.91 Å². The largest absolute Gasteiger partial charge is 0.473 e. The average molecular weight is 469 g/mol. The highest BCUT2D eigenvalue weighted by molar-refractivity contribution is 6.04. The summed E-state index contributed by atoms with van der Waals surface area (Å²) >= 11 is 0. The summed E-state index contributed by atoms with van der Waals surface area (Å²) < 4.78 is 44.8. The molecule has 1 unspecified atom stereocenters. The number of nitrogens with zero attached hydrogens (tertiary/aromatic N) is 3. The summed E-state index contributed by atoms with van der Waals surface area (Å²) in [5.41, 5.74) is 0.374. The molecular weight excluding hydrogens is 443 g/mol. The number of piperidine rings is 1. The zero-order valence-electron chi connectivity index (χ0n) is 18.2. The maximum Gasteiger partial charge on any atom is 0.416 e. The van der Waals surface area contributed by atoms with E-state index < -0.39 is 30.1 Å². The first-order valence-corrected chi connectivity index (χ1v) is 10.5. The van der Waals surface area contributed by atoms with Crippen LogP contribution < -0.4 is 10.1 Å². The lowest BCUT2D eigenvalue weighted by Gasteiger charge is -2.31. The van der Waals surface area contributed by atoms with Crippen molar-refractivity contribution in [2.75, 3.05) is 13.1 Å².